The van der Waals surface area contributed by atoms with Crippen molar-refractivity contribution in [2.45, 2.75) is 37.8 Å². The second-order valence-corrected chi connectivity index (χ2v) is 7.01. The van der Waals surface area contributed by atoms with Crippen LogP contribution < -0.4 is 5.32 Å². The number of carboxylic acids is 1. The van der Waals surface area contributed by atoms with Crippen LogP contribution in [-0.4, -0.2) is 46.4 Å². The Kier molecular flexibility index (Phi) is 6.42. The first-order valence-electron chi connectivity index (χ1n) is 9.46. The first kappa shape index (κ1) is 19.6. The molecule has 0 aliphatic carbocycles. The predicted octanol–water partition coefficient (Wildman–Crippen LogP) is 2.49. The number of carboxylic acid groups (broad SMARTS) is 1. The Morgan fingerprint density at radius 1 is 1.04 bits per heavy atom. The first-order valence-corrected chi connectivity index (χ1v) is 9.46. The van der Waals surface area contributed by atoms with Crippen LogP contribution in [0.25, 0.3) is 0 Å². The first-order chi connectivity index (χ1) is 13.5. The molecule has 1 heterocycles. The molecular formula is C22H24N2O4. The number of aliphatic carboxylic acids is 1. The Hall–Kier alpha value is -3.15. The molecule has 2 N–H and O–H groups in total. The molecule has 0 saturated carbocycles. The van der Waals surface area contributed by atoms with E-state index >= 15 is 0 Å². The Morgan fingerprint density at radius 2 is 1.68 bits per heavy atom. The average Bonchev–Trinajstić information content (AvgIpc) is 3.15. The summed E-state index contributed by atoms with van der Waals surface area (Å²) in [6.45, 7) is 0.517. The molecule has 3 rings (SSSR count). The Labute approximate surface area is 164 Å². The van der Waals surface area contributed by atoms with Crippen LogP contribution in [0.1, 0.15) is 35.2 Å². The number of likely N-dealkylation sites (tertiary alicyclic amines) is 1. The molecule has 2 unspecified atom stereocenters. The van der Waals surface area contributed by atoms with E-state index in [1.807, 2.05) is 36.4 Å². The van der Waals surface area contributed by atoms with Gasteiger partial charge in [-0.2, -0.15) is 0 Å². The van der Waals surface area contributed by atoms with Gasteiger partial charge in [0.15, 0.2) is 0 Å². The molecule has 6 nitrogen and oxygen atoms in total. The third-order valence-corrected chi connectivity index (χ3v) is 4.99. The Morgan fingerprint density at radius 3 is 2.32 bits per heavy atom. The molecule has 1 saturated heterocycles. The molecule has 1 aliphatic rings. The summed E-state index contributed by atoms with van der Waals surface area (Å²) in [5, 5.41) is 12.0. The molecule has 0 aromatic heterocycles. The second-order valence-electron chi connectivity index (χ2n) is 7.01. The van der Waals surface area contributed by atoms with E-state index in [2.05, 4.69) is 5.32 Å². The number of hydrogen-bond donors (Lipinski definition) is 2. The maximum Gasteiger partial charge on any atom is 0.305 e. The van der Waals surface area contributed by atoms with Crippen LogP contribution >= 0.6 is 0 Å². The van der Waals surface area contributed by atoms with Gasteiger partial charge < -0.3 is 15.3 Å². The molecule has 6 heteroatoms. The summed E-state index contributed by atoms with van der Waals surface area (Å²) in [5.74, 6) is -1.46. The van der Waals surface area contributed by atoms with E-state index in [1.165, 1.54) is 0 Å². The minimum atomic E-state index is -0.919. The van der Waals surface area contributed by atoms with E-state index in [0.29, 0.717) is 24.9 Å². The van der Waals surface area contributed by atoms with Gasteiger partial charge in [0, 0.05) is 24.6 Å². The minimum absolute atomic E-state index is 0.0730. The van der Waals surface area contributed by atoms with Gasteiger partial charge in [-0.05, 0) is 30.5 Å². The minimum Gasteiger partial charge on any atom is -0.481 e. The molecule has 0 bridgehead atoms. The van der Waals surface area contributed by atoms with Crippen LogP contribution in [0.2, 0.25) is 0 Å². The van der Waals surface area contributed by atoms with Crippen molar-refractivity contribution in [3.63, 3.8) is 0 Å². The fourth-order valence-electron chi connectivity index (χ4n) is 3.62. The van der Waals surface area contributed by atoms with Gasteiger partial charge in [0.2, 0.25) is 5.91 Å². The monoisotopic (exact) mass is 380 g/mol. The highest BCUT2D eigenvalue weighted by Crippen LogP contribution is 2.22. The zero-order valence-electron chi connectivity index (χ0n) is 15.6. The van der Waals surface area contributed by atoms with Crippen molar-refractivity contribution in [2.75, 3.05) is 6.54 Å². The highest BCUT2D eigenvalue weighted by Gasteiger charge is 2.35. The predicted molar refractivity (Wildman–Crippen MR) is 105 cm³/mol. The summed E-state index contributed by atoms with van der Waals surface area (Å²) in [6, 6.07) is 17.2. The van der Waals surface area contributed by atoms with Crippen molar-refractivity contribution in [3.05, 3.63) is 71.8 Å². The van der Waals surface area contributed by atoms with Gasteiger partial charge >= 0.3 is 5.97 Å². The SMILES string of the molecule is O=C(O)CC1CCCN1C(=O)C(Cc1ccccc1)NC(=O)c1ccccc1. The number of benzene rings is 2. The maximum absolute atomic E-state index is 13.2. The number of rotatable bonds is 7. The highest BCUT2D eigenvalue weighted by atomic mass is 16.4. The lowest BCUT2D eigenvalue weighted by atomic mass is 10.0. The number of amides is 2. The smallest absolute Gasteiger partial charge is 0.305 e. The van der Waals surface area contributed by atoms with Crippen LogP contribution in [-0.2, 0) is 16.0 Å². The fourth-order valence-corrected chi connectivity index (χ4v) is 3.62. The average molecular weight is 380 g/mol. The molecule has 0 spiro atoms. The van der Waals surface area contributed by atoms with Gasteiger partial charge in [-0.25, -0.2) is 0 Å². The third-order valence-electron chi connectivity index (χ3n) is 4.99. The molecule has 146 valence electrons. The molecule has 2 aromatic carbocycles. The number of carbonyl (C=O) groups is 3. The summed E-state index contributed by atoms with van der Waals surface area (Å²) >= 11 is 0. The van der Waals surface area contributed by atoms with Gasteiger partial charge in [-0.1, -0.05) is 48.5 Å². The van der Waals surface area contributed by atoms with Gasteiger partial charge in [-0.3, -0.25) is 14.4 Å². The largest absolute Gasteiger partial charge is 0.481 e. The number of nitrogens with zero attached hydrogens (tertiary/aromatic N) is 1. The highest BCUT2D eigenvalue weighted by molar-refractivity contribution is 5.97. The zero-order valence-corrected chi connectivity index (χ0v) is 15.6. The molecule has 1 fully saturated rings. The lowest BCUT2D eigenvalue weighted by Gasteiger charge is -2.29. The van der Waals surface area contributed by atoms with Gasteiger partial charge in [0.25, 0.3) is 5.91 Å². The molecule has 2 atom stereocenters. The molecule has 2 amide bonds. The quantitative estimate of drug-likeness (QED) is 0.773. The summed E-state index contributed by atoms with van der Waals surface area (Å²) in [7, 11) is 0. The van der Waals surface area contributed by atoms with E-state index in [4.69, 9.17) is 5.11 Å². The standard InChI is InChI=1S/C22H24N2O4/c25-20(26)15-18-12-7-13-24(18)22(28)19(14-16-8-3-1-4-9-16)23-21(27)17-10-5-2-6-11-17/h1-6,8-11,18-19H,7,12-15H2,(H,23,27)(H,25,26). The van der Waals surface area contributed by atoms with Gasteiger partial charge in [-0.15, -0.1) is 0 Å². The van der Waals surface area contributed by atoms with Crippen LogP contribution in [0.3, 0.4) is 0 Å². The molecule has 1 aliphatic heterocycles. The molecule has 2 aromatic rings. The number of nitrogens with one attached hydrogen (secondary N) is 1. The van der Waals surface area contributed by atoms with Crippen molar-refractivity contribution in [3.8, 4) is 0 Å². The van der Waals surface area contributed by atoms with Crippen LogP contribution in [0, 0.1) is 0 Å². The van der Waals surface area contributed by atoms with E-state index in [0.717, 1.165) is 12.0 Å². The van der Waals surface area contributed by atoms with Crippen molar-refractivity contribution >= 4 is 17.8 Å². The topological polar surface area (TPSA) is 86.7 Å². The van der Waals surface area contributed by atoms with Gasteiger partial charge in [0.1, 0.15) is 6.04 Å². The Bertz CT molecular complexity index is 823. The number of hydrogen-bond acceptors (Lipinski definition) is 3. The van der Waals surface area contributed by atoms with E-state index in [1.54, 1.807) is 29.2 Å². The molecule has 0 radical (unpaired) electrons. The second kappa shape index (κ2) is 9.17. The van der Waals surface area contributed by atoms with Crippen molar-refractivity contribution in [1.82, 2.24) is 10.2 Å². The Balaban J connectivity index is 1.79. The lowest BCUT2D eigenvalue weighted by Crippen LogP contribution is -2.51. The van der Waals surface area contributed by atoms with Crippen molar-refractivity contribution < 1.29 is 19.5 Å². The fraction of sp³-hybridized carbons (Fsp3) is 0.318. The van der Waals surface area contributed by atoms with E-state index in [9.17, 15) is 14.4 Å². The zero-order chi connectivity index (χ0) is 19.9. The van der Waals surface area contributed by atoms with E-state index < -0.39 is 12.0 Å². The summed E-state index contributed by atoms with van der Waals surface area (Å²) in [6.07, 6.45) is 1.72. The van der Waals surface area contributed by atoms with Crippen molar-refractivity contribution in [2.24, 2.45) is 0 Å². The molecule has 28 heavy (non-hydrogen) atoms. The van der Waals surface area contributed by atoms with Crippen LogP contribution in [0.4, 0.5) is 0 Å². The summed E-state index contributed by atoms with van der Waals surface area (Å²) in [4.78, 5) is 38.6. The third kappa shape index (κ3) is 4.97. The normalized spacial score (nSPS) is 17.1. The maximum atomic E-state index is 13.2. The van der Waals surface area contributed by atoms with Gasteiger partial charge in [0.05, 0.1) is 6.42 Å². The number of carbonyl (C=O) groups excluding carboxylic acids is 2. The molecular weight excluding hydrogens is 356 g/mol. The summed E-state index contributed by atoms with van der Waals surface area (Å²) in [5.41, 5.74) is 1.42. The van der Waals surface area contributed by atoms with Crippen molar-refractivity contribution in [1.29, 1.82) is 0 Å². The van der Waals surface area contributed by atoms with Crippen LogP contribution in [0.15, 0.2) is 60.7 Å². The van der Waals surface area contributed by atoms with E-state index in [-0.39, 0.29) is 24.3 Å². The van der Waals surface area contributed by atoms with Crippen LogP contribution in [0.5, 0.6) is 0 Å². The summed E-state index contributed by atoms with van der Waals surface area (Å²) < 4.78 is 0. The lowest BCUT2D eigenvalue weighted by molar-refractivity contribution is -0.140.